The topological polar surface area (TPSA) is 61.9 Å². The van der Waals surface area contributed by atoms with E-state index in [0.29, 0.717) is 36.4 Å². The second-order valence-corrected chi connectivity index (χ2v) is 8.97. The first-order chi connectivity index (χ1) is 14.0. The van der Waals surface area contributed by atoms with Crippen molar-refractivity contribution in [3.8, 4) is 5.75 Å². The molecule has 3 heterocycles. The Hall–Kier alpha value is -2.08. The van der Waals surface area contributed by atoms with Crippen LogP contribution in [-0.2, 0) is 4.79 Å². The van der Waals surface area contributed by atoms with Gasteiger partial charge in [-0.15, -0.1) is 0 Å². The maximum absolute atomic E-state index is 13.0. The number of hydrogen-bond acceptors (Lipinski definition) is 4. The molecule has 0 saturated carbocycles. The van der Waals surface area contributed by atoms with Crippen molar-refractivity contribution in [3.63, 3.8) is 0 Å². The van der Waals surface area contributed by atoms with Crippen molar-refractivity contribution in [3.05, 3.63) is 29.8 Å². The molecule has 158 valence electrons. The summed E-state index contributed by atoms with van der Waals surface area (Å²) in [6.07, 6.45) is 4.03. The van der Waals surface area contributed by atoms with E-state index in [9.17, 15) is 9.59 Å². The van der Waals surface area contributed by atoms with Gasteiger partial charge in [-0.2, -0.15) is 0 Å². The van der Waals surface area contributed by atoms with E-state index in [4.69, 9.17) is 4.74 Å². The van der Waals surface area contributed by atoms with Gasteiger partial charge in [0.15, 0.2) is 0 Å². The number of nitrogens with one attached hydrogen (secondary N) is 1. The highest BCUT2D eigenvalue weighted by Crippen LogP contribution is 2.44. The summed E-state index contributed by atoms with van der Waals surface area (Å²) >= 11 is 0. The molecule has 2 amide bonds. The maximum Gasteiger partial charge on any atom is 0.253 e. The molecule has 1 spiro atoms. The number of rotatable bonds is 5. The number of benzene rings is 1. The van der Waals surface area contributed by atoms with Gasteiger partial charge in [-0.3, -0.25) is 14.5 Å². The van der Waals surface area contributed by atoms with E-state index < -0.39 is 0 Å². The van der Waals surface area contributed by atoms with Crippen LogP contribution in [0.3, 0.4) is 0 Å². The molecule has 1 aromatic carbocycles. The van der Waals surface area contributed by atoms with Crippen molar-refractivity contribution in [2.24, 2.45) is 11.8 Å². The summed E-state index contributed by atoms with van der Waals surface area (Å²) in [6.45, 7) is 7.75. The first-order valence-corrected chi connectivity index (χ1v) is 11.0. The first-order valence-electron chi connectivity index (χ1n) is 11.0. The van der Waals surface area contributed by atoms with Crippen molar-refractivity contribution in [2.45, 2.75) is 51.1 Å². The van der Waals surface area contributed by atoms with Gasteiger partial charge in [-0.25, -0.2) is 0 Å². The Morgan fingerprint density at radius 3 is 2.76 bits per heavy atom. The van der Waals surface area contributed by atoms with Crippen molar-refractivity contribution in [2.75, 3.05) is 33.3 Å². The Morgan fingerprint density at radius 2 is 2.07 bits per heavy atom. The van der Waals surface area contributed by atoms with Crippen LogP contribution in [0.15, 0.2) is 24.3 Å². The van der Waals surface area contributed by atoms with Gasteiger partial charge < -0.3 is 15.0 Å². The summed E-state index contributed by atoms with van der Waals surface area (Å²) in [7, 11) is 1.61. The zero-order valence-corrected chi connectivity index (χ0v) is 17.8. The Kier molecular flexibility index (Phi) is 5.56. The molecule has 0 aliphatic carbocycles. The van der Waals surface area contributed by atoms with Gasteiger partial charge in [-0.05, 0) is 44.4 Å². The van der Waals surface area contributed by atoms with Crippen LogP contribution in [0.4, 0.5) is 0 Å². The van der Waals surface area contributed by atoms with Gasteiger partial charge in [0, 0.05) is 49.2 Å². The lowest BCUT2D eigenvalue weighted by atomic mass is 9.75. The summed E-state index contributed by atoms with van der Waals surface area (Å²) in [5.74, 6) is 1.43. The Bertz CT molecular complexity index is 772. The number of piperidine rings is 1. The number of methoxy groups -OCH3 is 1. The monoisotopic (exact) mass is 399 g/mol. The van der Waals surface area contributed by atoms with Crippen molar-refractivity contribution < 1.29 is 14.3 Å². The van der Waals surface area contributed by atoms with E-state index in [0.717, 1.165) is 25.9 Å². The predicted octanol–water partition coefficient (Wildman–Crippen LogP) is 2.54. The molecule has 6 heteroatoms. The second kappa shape index (κ2) is 7.98. The fourth-order valence-corrected chi connectivity index (χ4v) is 5.59. The van der Waals surface area contributed by atoms with Gasteiger partial charge in [0.2, 0.25) is 5.91 Å². The van der Waals surface area contributed by atoms with Crippen LogP contribution in [0.25, 0.3) is 0 Å². The lowest BCUT2D eigenvalue weighted by molar-refractivity contribution is -0.123. The first kappa shape index (κ1) is 20.2. The molecule has 0 bridgehead atoms. The van der Waals surface area contributed by atoms with Gasteiger partial charge in [-0.1, -0.05) is 19.4 Å². The van der Waals surface area contributed by atoms with Crippen LogP contribution in [0.5, 0.6) is 5.75 Å². The Morgan fingerprint density at radius 1 is 1.31 bits per heavy atom. The number of fused-ring (bicyclic) bond motifs is 2. The van der Waals surface area contributed by atoms with E-state index in [1.165, 1.54) is 12.8 Å². The third-order valence-electron chi connectivity index (χ3n) is 7.36. The highest BCUT2D eigenvalue weighted by molar-refractivity contribution is 5.94. The van der Waals surface area contributed by atoms with Crippen molar-refractivity contribution in [1.29, 1.82) is 0 Å². The molecule has 0 aromatic heterocycles. The minimum atomic E-state index is -0.145. The number of ether oxygens (including phenoxy) is 1. The minimum Gasteiger partial charge on any atom is -0.497 e. The van der Waals surface area contributed by atoms with Crippen molar-refractivity contribution in [1.82, 2.24) is 15.1 Å². The quantitative estimate of drug-likeness (QED) is 0.827. The van der Waals surface area contributed by atoms with E-state index >= 15 is 0 Å². The molecule has 1 aromatic rings. The SMILES string of the molecule is CCC[C@H](C)N1C[C@H]2C(=O)NC3(CCN(C(=O)c4cccc(OC)c4)CC3)[C@H]2C1. The molecule has 1 N–H and O–H groups in total. The molecule has 3 saturated heterocycles. The molecule has 3 aliphatic heterocycles. The Labute approximate surface area is 173 Å². The highest BCUT2D eigenvalue weighted by Gasteiger charge is 2.57. The average molecular weight is 400 g/mol. The molecule has 29 heavy (non-hydrogen) atoms. The summed E-state index contributed by atoms with van der Waals surface area (Å²) < 4.78 is 5.25. The zero-order valence-electron chi connectivity index (χ0n) is 17.8. The largest absolute Gasteiger partial charge is 0.497 e. The molecule has 3 aliphatic rings. The molecular weight excluding hydrogens is 366 g/mol. The summed E-state index contributed by atoms with van der Waals surface area (Å²) in [5.41, 5.74) is 0.516. The standard InChI is InChI=1S/C23H33N3O3/c1-4-6-16(2)26-14-19-20(15-26)23(24-21(19)27)9-11-25(12-10-23)22(28)17-7-5-8-18(13-17)29-3/h5,7-8,13,16,19-20H,4,6,9-12,14-15H2,1-3H3,(H,24,27)/t16-,19+,20-/m0/s1. The number of nitrogens with zero attached hydrogens (tertiary/aromatic N) is 2. The smallest absolute Gasteiger partial charge is 0.253 e. The number of hydrogen-bond donors (Lipinski definition) is 1. The van der Waals surface area contributed by atoms with Crippen LogP contribution in [0.1, 0.15) is 49.9 Å². The van der Waals surface area contributed by atoms with Crippen LogP contribution < -0.4 is 10.1 Å². The highest BCUT2D eigenvalue weighted by atomic mass is 16.5. The van der Waals surface area contributed by atoms with E-state index in [-0.39, 0.29) is 23.3 Å². The van der Waals surface area contributed by atoms with E-state index in [1.54, 1.807) is 13.2 Å². The van der Waals surface area contributed by atoms with Crippen LogP contribution in [0, 0.1) is 11.8 Å². The van der Waals surface area contributed by atoms with Crippen LogP contribution >= 0.6 is 0 Å². The van der Waals surface area contributed by atoms with Crippen LogP contribution in [0.2, 0.25) is 0 Å². The fraction of sp³-hybridized carbons (Fsp3) is 0.652. The second-order valence-electron chi connectivity index (χ2n) is 8.97. The molecule has 3 atom stereocenters. The molecular formula is C23H33N3O3. The number of carbonyl (C=O) groups excluding carboxylic acids is 2. The van der Waals surface area contributed by atoms with Crippen LogP contribution in [-0.4, -0.2) is 66.5 Å². The predicted molar refractivity (Wildman–Crippen MR) is 112 cm³/mol. The number of amides is 2. The third kappa shape index (κ3) is 3.63. The van der Waals surface area contributed by atoms with Gasteiger partial charge in [0.1, 0.15) is 5.75 Å². The maximum atomic E-state index is 13.0. The third-order valence-corrected chi connectivity index (χ3v) is 7.36. The van der Waals surface area contributed by atoms with Gasteiger partial charge >= 0.3 is 0 Å². The normalized spacial score (nSPS) is 27.0. The molecule has 0 radical (unpaired) electrons. The summed E-state index contributed by atoms with van der Waals surface area (Å²) in [4.78, 5) is 30.1. The molecule has 0 unspecified atom stereocenters. The molecule has 4 rings (SSSR count). The summed E-state index contributed by atoms with van der Waals surface area (Å²) in [5, 5.41) is 3.36. The van der Waals surface area contributed by atoms with Gasteiger partial charge in [0.05, 0.1) is 13.0 Å². The number of likely N-dealkylation sites (tertiary alicyclic amines) is 2. The average Bonchev–Trinajstić information content (AvgIpc) is 3.29. The minimum absolute atomic E-state index is 0.0456. The summed E-state index contributed by atoms with van der Waals surface area (Å²) in [6, 6.07) is 7.87. The van der Waals surface area contributed by atoms with E-state index in [2.05, 4.69) is 24.1 Å². The molecule has 3 fully saturated rings. The lowest BCUT2D eigenvalue weighted by Gasteiger charge is -2.43. The molecule has 6 nitrogen and oxygen atoms in total. The van der Waals surface area contributed by atoms with Crippen molar-refractivity contribution >= 4 is 11.8 Å². The fourth-order valence-electron chi connectivity index (χ4n) is 5.59. The zero-order chi connectivity index (χ0) is 20.6. The number of carbonyl (C=O) groups is 2. The lowest BCUT2D eigenvalue weighted by Crippen LogP contribution is -2.56. The van der Waals surface area contributed by atoms with E-state index in [1.807, 2.05) is 23.1 Å². The van der Waals surface area contributed by atoms with Gasteiger partial charge in [0.25, 0.3) is 5.91 Å². The Balaban J connectivity index is 1.43.